The van der Waals surface area contributed by atoms with Gasteiger partial charge in [-0.25, -0.2) is 0 Å². The van der Waals surface area contributed by atoms with Gasteiger partial charge in [0.05, 0.1) is 5.92 Å². The molecule has 2 aliphatic heterocycles. The Labute approximate surface area is 159 Å². The number of anilines is 1. The van der Waals surface area contributed by atoms with Crippen molar-refractivity contribution in [2.45, 2.75) is 32.6 Å². The van der Waals surface area contributed by atoms with Crippen molar-refractivity contribution in [2.24, 2.45) is 11.8 Å². The molecule has 3 rings (SSSR count). The third kappa shape index (κ3) is 3.85. The van der Waals surface area contributed by atoms with Gasteiger partial charge in [0.15, 0.2) is 0 Å². The first-order chi connectivity index (χ1) is 11.9. The molecule has 0 radical (unpaired) electrons. The van der Waals surface area contributed by atoms with Crippen molar-refractivity contribution in [3.05, 3.63) is 29.8 Å². The zero-order chi connectivity index (χ0) is 18.1. The maximum absolute atomic E-state index is 12.7. The Morgan fingerprint density at radius 1 is 1.12 bits per heavy atom. The lowest BCUT2D eigenvalue weighted by Gasteiger charge is -2.21. The van der Waals surface area contributed by atoms with Crippen LogP contribution in [0.3, 0.4) is 0 Å². The Hall–Kier alpha value is -2.08. The van der Waals surface area contributed by atoms with Gasteiger partial charge in [0.1, 0.15) is 5.92 Å². The molecular weight excluding hydrogens is 356 g/mol. The molecule has 2 heterocycles. The lowest BCUT2D eigenvalue weighted by atomic mass is 10.0. The molecule has 2 atom stereocenters. The first-order valence-electron chi connectivity index (χ1n) is 8.81. The molecule has 2 amide bonds. The Kier molecular flexibility index (Phi) is 6.29. The summed E-state index contributed by atoms with van der Waals surface area (Å²) in [5.41, 5.74) is 2.02. The molecular formula is C19H25ClN2O4. The summed E-state index contributed by atoms with van der Waals surface area (Å²) in [7, 11) is 0. The molecule has 0 aliphatic carbocycles. The predicted octanol–water partition coefficient (Wildman–Crippen LogP) is 2.52. The number of carbonyl (C=O) groups excluding carboxylic acids is 2. The standard InChI is InChI=1S/C19H24N2O4.ClH/c1-12(2)13-3-5-15(6-4-13)21-10-8-16(18(21)23)17(22)20-9-7-14(11-20)19(24)25;/h3-6,12,14,16H,7-11H2,1-2H3,(H,24,25);1H. The average molecular weight is 381 g/mol. The third-order valence-electron chi connectivity index (χ3n) is 5.22. The summed E-state index contributed by atoms with van der Waals surface area (Å²) >= 11 is 0. The van der Waals surface area contributed by atoms with Gasteiger partial charge in [-0.3, -0.25) is 14.4 Å². The van der Waals surface area contributed by atoms with E-state index in [9.17, 15) is 14.4 Å². The molecule has 142 valence electrons. The first-order valence-corrected chi connectivity index (χ1v) is 8.81. The number of aliphatic carboxylic acids is 1. The summed E-state index contributed by atoms with van der Waals surface area (Å²) in [5, 5.41) is 9.07. The maximum atomic E-state index is 12.7. The summed E-state index contributed by atoms with van der Waals surface area (Å²) in [6.07, 6.45) is 0.945. The Balaban J connectivity index is 0.00000243. The van der Waals surface area contributed by atoms with Crippen LogP contribution in [0, 0.1) is 11.8 Å². The van der Waals surface area contributed by atoms with E-state index in [1.165, 1.54) is 10.5 Å². The summed E-state index contributed by atoms with van der Waals surface area (Å²) < 4.78 is 0. The summed E-state index contributed by atoms with van der Waals surface area (Å²) in [5.74, 6) is -2.05. The van der Waals surface area contributed by atoms with E-state index >= 15 is 0 Å². The van der Waals surface area contributed by atoms with Crippen molar-refractivity contribution >= 4 is 35.9 Å². The van der Waals surface area contributed by atoms with E-state index in [-0.39, 0.29) is 30.8 Å². The second-order valence-corrected chi connectivity index (χ2v) is 7.19. The van der Waals surface area contributed by atoms with E-state index in [4.69, 9.17) is 5.11 Å². The van der Waals surface area contributed by atoms with Gasteiger partial charge in [-0.05, 0) is 36.5 Å². The van der Waals surface area contributed by atoms with Crippen LogP contribution >= 0.6 is 12.4 Å². The van der Waals surface area contributed by atoms with E-state index in [2.05, 4.69) is 13.8 Å². The van der Waals surface area contributed by atoms with Gasteiger partial charge in [0, 0.05) is 25.3 Å². The van der Waals surface area contributed by atoms with Gasteiger partial charge < -0.3 is 14.9 Å². The highest BCUT2D eigenvalue weighted by molar-refractivity contribution is 6.09. The second kappa shape index (κ2) is 8.08. The largest absolute Gasteiger partial charge is 0.481 e. The van der Waals surface area contributed by atoms with Crippen LogP contribution in [0.2, 0.25) is 0 Å². The molecule has 2 unspecified atom stereocenters. The predicted molar refractivity (Wildman–Crippen MR) is 101 cm³/mol. The number of hydrogen-bond donors (Lipinski definition) is 1. The van der Waals surface area contributed by atoms with Crippen LogP contribution in [0.15, 0.2) is 24.3 Å². The Morgan fingerprint density at radius 3 is 2.31 bits per heavy atom. The quantitative estimate of drug-likeness (QED) is 0.814. The number of nitrogens with zero attached hydrogens (tertiary/aromatic N) is 2. The topological polar surface area (TPSA) is 77.9 Å². The molecule has 0 aromatic heterocycles. The molecule has 2 aliphatic rings. The molecule has 6 nitrogen and oxygen atoms in total. The fraction of sp³-hybridized carbons (Fsp3) is 0.526. The maximum Gasteiger partial charge on any atom is 0.308 e. The van der Waals surface area contributed by atoms with E-state index in [1.807, 2.05) is 24.3 Å². The molecule has 1 N–H and O–H groups in total. The minimum atomic E-state index is -0.875. The number of amides is 2. The second-order valence-electron chi connectivity index (χ2n) is 7.19. The lowest BCUT2D eigenvalue weighted by molar-refractivity contribution is -0.142. The molecule has 0 bridgehead atoms. The summed E-state index contributed by atoms with van der Waals surface area (Å²) in [6, 6.07) is 7.88. The molecule has 2 fully saturated rings. The Bertz CT molecular complexity index is 689. The number of carboxylic acid groups (broad SMARTS) is 1. The zero-order valence-electron chi connectivity index (χ0n) is 15.1. The fourth-order valence-corrected chi connectivity index (χ4v) is 3.59. The van der Waals surface area contributed by atoms with Crippen LogP contribution in [0.4, 0.5) is 5.69 Å². The highest BCUT2D eigenvalue weighted by Gasteiger charge is 2.42. The van der Waals surface area contributed by atoms with Gasteiger partial charge in [0.2, 0.25) is 11.8 Å². The van der Waals surface area contributed by atoms with Crippen LogP contribution in [-0.4, -0.2) is 47.4 Å². The highest BCUT2D eigenvalue weighted by atomic mass is 35.5. The number of likely N-dealkylation sites (tertiary alicyclic amines) is 1. The molecule has 26 heavy (non-hydrogen) atoms. The minimum Gasteiger partial charge on any atom is -0.481 e. The minimum absolute atomic E-state index is 0. The fourth-order valence-electron chi connectivity index (χ4n) is 3.59. The van der Waals surface area contributed by atoms with Crippen LogP contribution in [0.1, 0.15) is 38.2 Å². The number of hydrogen-bond acceptors (Lipinski definition) is 3. The van der Waals surface area contributed by atoms with Gasteiger partial charge in [-0.15, -0.1) is 12.4 Å². The smallest absolute Gasteiger partial charge is 0.308 e. The highest BCUT2D eigenvalue weighted by Crippen LogP contribution is 2.29. The van der Waals surface area contributed by atoms with Gasteiger partial charge in [-0.2, -0.15) is 0 Å². The third-order valence-corrected chi connectivity index (χ3v) is 5.22. The lowest BCUT2D eigenvalue weighted by Crippen LogP contribution is -2.39. The van der Waals surface area contributed by atoms with Crippen LogP contribution < -0.4 is 4.90 Å². The number of halogens is 1. The number of rotatable bonds is 4. The Morgan fingerprint density at radius 2 is 1.77 bits per heavy atom. The average Bonchev–Trinajstić information content (AvgIpc) is 3.21. The van der Waals surface area contributed by atoms with Crippen molar-refractivity contribution in [1.82, 2.24) is 4.90 Å². The van der Waals surface area contributed by atoms with Gasteiger partial charge in [0.25, 0.3) is 0 Å². The van der Waals surface area contributed by atoms with Crippen molar-refractivity contribution < 1.29 is 19.5 Å². The summed E-state index contributed by atoms with van der Waals surface area (Å²) in [6.45, 7) is 5.38. The molecule has 2 saturated heterocycles. The van der Waals surface area contributed by atoms with E-state index in [0.29, 0.717) is 31.8 Å². The number of benzene rings is 1. The molecule has 1 aromatic rings. The number of carboxylic acids is 1. The van der Waals surface area contributed by atoms with Gasteiger partial charge in [-0.1, -0.05) is 26.0 Å². The van der Waals surface area contributed by atoms with Crippen molar-refractivity contribution in [1.29, 1.82) is 0 Å². The van der Waals surface area contributed by atoms with Gasteiger partial charge >= 0.3 is 5.97 Å². The van der Waals surface area contributed by atoms with Crippen LogP contribution in [0.25, 0.3) is 0 Å². The SMILES string of the molecule is CC(C)c1ccc(N2CCC(C(=O)N3CCC(C(=O)O)C3)C2=O)cc1.Cl. The monoisotopic (exact) mass is 380 g/mol. The number of carbonyl (C=O) groups is 3. The molecule has 1 aromatic carbocycles. The van der Waals surface area contributed by atoms with E-state index < -0.39 is 17.8 Å². The van der Waals surface area contributed by atoms with Crippen molar-refractivity contribution in [2.75, 3.05) is 24.5 Å². The molecule has 0 saturated carbocycles. The van der Waals surface area contributed by atoms with Crippen molar-refractivity contribution in [3.8, 4) is 0 Å². The molecule has 7 heteroatoms. The normalized spacial score (nSPS) is 22.7. The zero-order valence-corrected chi connectivity index (χ0v) is 15.9. The summed E-state index contributed by atoms with van der Waals surface area (Å²) in [4.78, 5) is 39.6. The van der Waals surface area contributed by atoms with E-state index in [0.717, 1.165) is 5.69 Å². The van der Waals surface area contributed by atoms with Crippen molar-refractivity contribution in [3.63, 3.8) is 0 Å². The van der Waals surface area contributed by atoms with Crippen LogP contribution in [0.5, 0.6) is 0 Å². The first kappa shape index (κ1) is 20.2. The van der Waals surface area contributed by atoms with Crippen LogP contribution in [-0.2, 0) is 14.4 Å². The molecule has 0 spiro atoms. The van der Waals surface area contributed by atoms with E-state index in [1.54, 1.807) is 4.90 Å².